The molecule has 2 N–H and O–H groups in total. The molecule has 1 fully saturated rings. The predicted octanol–water partition coefficient (Wildman–Crippen LogP) is 0.350. The van der Waals surface area contributed by atoms with Crippen molar-refractivity contribution in [1.29, 1.82) is 0 Å². The van der Waals surface area contributed by atoms with Crippen molar-refractivity contribution in [2.75, 3.05) is 43.6 Å². The number of anilines is 1. The van der Waals surface area contributed by atoms with E-state index in [0.29, 0.717) is 12.5 Å². The van der Waals surface area contributed by atoms with E-state index >= 15 is 0 Å². The second-order valence-corrected chi connectivity index (χ2v) is 6.00. The highest BCUT2D eigenvalue weighted by molar-refractivity contribution is 7.99. The summed E-state index contributed by atoms with van der Waals surface area (Å²) in [4.78, 5) is 13.0. The molecule has 0 aliphatic carbocycles. The lowest BCUT2D eigenvalue weighted by molar-refractivity contribution is 0.455. The summed E-state index contributed by atoms with van der Waals surface area (Å²) in [5, 5.41) is 0. The first kappa shape index (κ1) is 14.0. The highest BCUT2D eigenvalue weighted by atomic mass is 32.2. The minimum atomic E-state index is 0.576. The monoisotopic (exact) mass is 282 g/mol. The fraction of sp³-hybridized carbons (Fsp3) is 0.667. The minimum absolute atomic E-state index is 0.576. The highest BCUT2D eigenvalue weighted by Crippen LogP contribution is 2.12. The third-order valence-corrected chi connectivity index (χ3v) is 4.14. The first-order valence-corrected chi connectivity index (χ1v) is 7.55. The molecule has 1 aliphatic rings. The molecule has 7 heteroatoms. The van der Waals surface area contributed by atoms with Crippen molar-refractivity contribution in [2.24, 2.45) is 17.8 Å². The van der Waals surface area contributed by atoms with Gasteiger partial charge in [-0.2, -0.15) is 11.8 Å². The lowest BCUT2D eigenvalue weighted by atomic mass is 10.4. The molecular weight excluding hydrogens is 260 g/mol. The maximum absolute atomic E-state index is 6.04. The second kappa shape index (κ2) is 6.18. The largest absolute Gasteiger partial charge is 0.370 e. The van der Waals surface area contributed by atoms with Gasteiger partial charge in [-0.3, -0.25) is 0 Å². The average molecular weight is 282 g/mol. The van der Waals surface area contributed by atoms with Gasteiger partial charge in [-0.1, -0.05) is 0 Å². The summed E-state index contributed by atoms with van der Waals surface area (Å²) >= 11 is 1.97. The molecule has 1 saturated heterocycles. The minimum Gasteiger partial charge on any atom is -0.370 e. The van der Waals surface area contributed by atoms with Gasteiger partial charge in [0, 0.05) is 45.7 Å². The van der Waals surface area contributed by atoms with Gasteiger partial charge < -0.3 is 20.1 Å². The molecule has 0 atom stereocenters. The topological polar surface area (TPSA) is 62.7 Å². The zero-order valence-electron chi connectivity index (χ0n) is 11.8. The molecule has 0 amide bonds. The maximum atomic E-state index is 6.04. The molecule has 1 aliphatic heterocycles. The van der Waals surface area contributed by atoms with Gasteiger partial charge >= 0.3 is 0 Å². The summed E-state index contributed by atoms with van der Waals surface area (Å²) in [5.74, 6) is 3.84. The fourth-order valence-corrected chi connectivity index (χ4v) is 2.95. The Kier molecular flexibility index (Phi) is 4.57. The summed E-state index contributed by atoms with van der Waals surface area (Å²) in [5.41, 5.74) is 7.11. The third kappa shape index (κ3) is 3.34. The number of hydrogen-bond acceptors (Lipinski definition) is 4. The molecule has 0 radical (unpaired) electrons. The van der Waals surface area contributed by atoms with Crippen molar-refractivity contribution >= 4 is 23.7 Å². The van der Waals surface area contributed by atoms with Crippen LogP contribution in [0.25, 0.3) is 0 Å². The Balaban J connectivity index is 2.01. The number of aliphatic imine (C=N–C) groups is 1. The Labute approximate surface area is 118 Å². The van der Waals surface area contributed by atoms with Gasteiger partial charge in [-0.15, -0.1) is 0 Å². The summed E-state index contributed by atoms with van der Waals surface area (Å²) < 4.78 is 2.04. The van der Waals surface area contributed by atoms with Crippen molar-refractivity contribution in [1.82, 2.24) is 14.5 Å². The van der Waals surface area contributed by atoms with Gasteiger partial charge in [0.2, 0.25) is 5.95 Å². The van der Waals surface area contributed by atoms with Crippen molar-refractivity contribution in [3.63, 3.8) is 0 Å². The summed E-state index contributed by atoms with van der Waals surface area (Å²) in [7, 11) is 5.96. The molecule has 0 aromatic carbocycles. The van der Waals surface area contributed by atoms with Gasteiger partial charge in [0.05, 0.1) is 18.4 Å². The first-order chi connectivity index (χ1) is 9.09. The molecule has 106 valence electrons. The number of rotatable bonds is 3. The molecule has 1 aromatic heterocycles. The molecular formula is C12H22N6S. The van der Waals surface area contributed by atoms with Crippen LogP contribution in [-0.2, 0) is 13.6 Å². The number of nitrogens with zero attached hydrogens (tertiary/aromatic N) is 5. The van der Waals surface area contributed by atoms with Crippen LogP contribution in [0.5, 0.6) is 0 Å². The SMILES string of the molecule is CN(C)c1ncc(CN=C(N)N2CCSCC2)n1C. The molecule has 1 aromatic rings. The Morgan fingerprint density at radius 3 is 2.74 bits per heavy atom. The van der Waals surface area contributed by atoms with E-state index in [0.717, 1.165) is 36.2 Å². The Hall–Kier alpha value is -1.37. The van der Waals surface area contributed by atoms with Crippen LogP contribution < -0.4 is 10.6 Å². The lowest BCUT2D eigenvalue weighted by Gasteiger charge is -2.27. The van der Waals surface area contributed by atoms with Crippen LogP contribution in [0.1, 0.15) is 5.69 Å². The number of aromatic nitrogens is 2. The van der Waals surface area contributed by atoms with Crippen molar-refractivity contribution < 1.29 is 0 Å². The van der Waals surface area contributed by atoms with Crippen LogP contribution in [0.4, 0.5) is 5.95 Å². The molecule has 19 heavy (non-hydrogen) atoms. The molecule has 0 saturated carbocycles. The van der Waals surface area contributed by atoms with E-state index in [4.69, 9.17) is 5.73 Å². The zero-order valence-corrected chi connectivity index (χ0v) is 12.7. The molecule has 0 bridgehead atoms. The van der Waals surface area contributed by atoms with Crippen LogP contribution in [-0.4, -0.2) is 59.1 Å². The van der Waals surface area contributed by atoms with Gasteiger partial charge in [0.15, 0.2) is 5.96 Å². The third-order valence-electron chi connectivity index (χ3n) is 3.20. The summed E-state index contributed by atoms with van der Waals surface area (Å²) in [6.45, 7) is 2.56. The van der Waals surface area contributed by atoms with Crippen LogP contribution in [0.3, 0.4) is 0 Å². The standard InChI is InChI=1S/C12H22N6S/c1-16(2)12-15-9-10(17(12)3)8-14-11(13)18-4-6-19-7-5-18/h9H,4-8H2,1-3H3,(H2,13,14). The van der Waals surface area contributed by atoms with Gasteiger partial charge in [0.25, 0.3) is 0 Å². The van der Waals surface area contributed by atoms with Crippen LogP contribution in [0.15, 0.2) is 11.2 Å². The smallest absolute Gasteiger partial charge is 0.204 e. The van der Waals surface area contributed by atoms with E-state index in [2.05, 4.69) is 14.9 Å². The average Bonchev–Trinajstić information content (AvgIpc) is 2.78. The van der Waals surface area contributed by atoms with Crippen molar-refractivity contribution in [3.8, 4) is 0 Å². The predicted molar refractivity (Wildman–Crippen MR) is 81.8 cm³/mol. The van der Waals surface area contributed by atoms with Crippen LogP contribution in [0, 0.1) is 0 Å². The first-order valence-electron chi connectivity index (χ1n) is 6.40. The number of hydrogen-bond donors (Lipinski definition) is 1. The van der Waals surface area contributed by atoms with Gasteiger partial charge in [0.1, 0.15) is 0 Å². The van der Waals surface area contributed by atoms with Gasteiger partial charge in [-0.25, -0.2) is 9.98 Å². The normalized spacial score (nSPS) is 16.8. The number of imidazole rings is 1. The number of thioether (sulfide) groups is 1. The molecule has 0 spiro atoms. The van der Waals surface area contributed by atoms with Crippen molar-refractivity contribution in [2.45, 2.75) is 6.54 Å². The van der Waals surface area contributed by atoms with Crippen molar-refractivity contribution in [3.05, 3.63) is 11.9 Å². The Morgan fingerprint density at radius 1 is 1.47 bits per heavy atom. The van der Waals surface area contributed by atoms with E-state index in [9.17, 15) is 0 Å². The molecule has 2 rings (SSSR count). The summed E-state index contributed by atoms with van der Waals surface area (Å²) in [6.07, 6.45) is 1.86. The van der Waals surface area contributed by atoms with E-state index in [1.54, 1.807) is 0 Å². The number of nitrogens with two attached hydrogens (primary N) is 1. The molecule has 6 nitrogen and oxygen atoms in total. The quantitative estimate of drug-likeness (QED) is 0.640. The molecule has 2 heterocycles. The second-order valence-electron chi connectivity index (χ2n) is 4.78. The number of guanidine groups is 1. The van der Waals surface area contributed by atoms with Gasteiger partial charge in [-0.05, 0) is 0 Å². The lowest BCUT2D eigenvalue weighted by Crippen LogP contribution is -2.42. The Morgan fingerprint density at radius 2 is 2.16 bits per heavy atom. The zero-order chi connectivity index (χ0) is 13.8. The molecule has 0 unspecified atom stereocenters. The maximum Gasteiger partial charge on any atom is 0.204 e. The van der Waals surface area contributed by atoms with E-state index in [1.807, 2.05) is 48.6 Å². The highest BCUT2D eigenvalue weighted by Gasteiger charge is 2.13. The summed E-state index contributed by atoms with van der Waals surface area (Å²) in [6, 6.07) is 0. The van der Waals surface area contributed by atoms with E-state index in [-0.39, 0.29) is 0 Å². The van der Waals surface area contributed by atoms with Crippen LogP contribution >= 0.6 is 11.8 Å². The Bertz CT molecular complexity index is 447. The van der Waals surface area contributed by atoms with E-state index < -0.39 is 0 Å². The van der Waals surface area contributed by atoms with Crippen LogP contribution in [0.2, 0.25) is 0 Å². The fourth-order valence-electron chi connectivity index (χ4n) is 2.05. The van der Waals surface area contributed by atoms with E-state index in [1.165, 1.54) is 0 Å².